The molecule has 0 saturated heterocycles. The van der Waals surface area contributed by atoms with E-state index < -0.39 is 0 Å². The average Bonchev–Trinajstić information content (AvgIpc) is 3.43. The summed E-state index contributed by atoms with van der Waals surface area (Å²) in [4.78, 5) is 10.2. The number of rotatable bonds is 4. The van der Waals surface area contributed by atoms with Crippen LogP contribution in [-0.2, 0) is 5.41 Å². The summed E-state index contributed by atoms with van der Waals surface area (Å²) in [5.74, 6) is 0. The van der Waals surface area contributed by atoms with Crippen molar-refractivity contribution in [2.45, 2.75) is 19.3 Å². The monoisotopic (exact) mass is 650 g/mol. The Balaban J connectivity index is 1.00. The average molecular weight is 651 g/mol. The van der Waals surface area contributed by atoms with E-state index in [0.717, 1.165) is 38.6 Å². The van der Waals surface area contributed by atoms with Gasteiger partial charge in [-0.05, 0) is 90.7 Å². The predicted molar refractivity (Wildman–Crippen MR) is 214 cm³/mol. The van der Waals surface area contributed by atoms with Gasteiger partial charge < -0.3 is 0 Å². The van der Waals surface area contributed by atoms with Crippen LogP contribution in [0.25, 0.3) is 88.3 Å². The first kappa shape index (κ1) is 29.5. The van der Waals surface area contributed by atoms with Crippen molar-refractivity contribution in [3.05, 3.63) is 181 Å². The third kappa shape index (κ3) is 4.71. The van der Waals surface area contributed by atoms with Gasteiger partial charge in [0.15, 0.2) is 0 Å². The van der Waals surface area contributed by atoms with Crippen molar-refractivity contribution in [3.8, 4) is 55.8 Å². The molecule has 8 aromatic carbocycles. The molecule has 0 fully saturated rings. The minimum Gasteiger partial charge on any atom is -0.252 e. The molecule has 0 spiro atoms. The van der Waals surface area contributed by atoms with E-state index >= 15 is 0 Å². The van der Waals surface area contributed by atoms with Gasteiger partial charge in [-0.2, -0.15) is 0 Å². The van der Waals surface area contributed by atoms with Crippen molar-refractivity contribution in [1.29, 1.82) is 0 Å². The molecule has 1 heterocycles. The number of benzene rings is 8. The minimum atomic E-state index is -0.0248. The summed E-state index contributed by atoms with van der Waals surface area (Å²) in [6.07, 6.45) is 1.92. The molecule has 240 valence electrons. The van der Waals surface area contributed by atoms with Gasteiger partial charge in [-0.3, -0.25) is 4.98 Å². The Morgan fingerprint density at radius 1 is 0.373 bits per heavy atom. The van der Waals surface area contributed by atoms with Crippen LogP contribution in [0.4, 0.5) is 0 Å². The third-order valence-electron chi connectivity index (χ3n) is 10.9. The molecule has 0 aliphatic heterocycles. The van der Waals surface area contributed by atoms with Crippen molar-refractivity contribution in [2.24, 2.45) is 0 Å². The number of fused-ring (bicyclic) bond motifs is 9. The van der Waals surface area contributed by atoms with E-state index in [1.165, 1.54) is 60.8 Å². The van der Waals surface area contributed by atoms with Crippen LogP contribution >= 0.6 is 0 Å². The maximum absolute atomic E-state index is 5.24. The summed E-state index contributed by atoms with van der Waals surface area (Å²) >= 11 is 0. The zero-order chi connectivity index (χ0) is 34.1. The van der Waals surface area contributed by atoms with Gasteiger partial charge in [-0.15, -0.1) is 0 Å². The van der Waals surface area contributed by atoms with Gasteiger partial charge in [-0.1, -0.05) is 153 Å². The van der Waals surface area contributed by atoms with Gasteiger partial charge >= 0.3 is 0 Å². The molecule has 2 nitrogen and oxygen atoms in total. The van der Waals surface area contributed by atoms with Crippen LogP contribution in [0, 0.1) is 0 Å². The molecule has 10 rings (SSSR count). The molecule has 0 saturated carbocycles. The van der Waals surface area contributed by atoms with Crippen LogP contribution in [0.5, 0.6) is 0 Å². The highest BCUT2D eigenvalue weighted by Crippen LogP contribution is 2.49. The quantitative estimate of drug-likeness (QED) is 0.177. The molecule has 0 bridgehead atoms. The normalized spacial score (nSPS) is 13.1. The zero-order valence-corrected chi connectivity index (χ0v) is 28.6. The van der Waals surface area contributed by atoms with Crippen molar-refractivity contribution in [2.75, 3.05) is 0 Å². The second-order valence-corrected chi connectivity index (χ2v) is 14.2. The largest absolute Gasteiger partial charge is 0.252 e. The lowest BCUT2D eigenvalue weighted by Crippen LogP contribution is -2.14. The summed E-state index contributed by atoms with van der Waals surface area (Å²) in [5, 5.41) is 4.66. The van der Waals surface area contributed by atoms with E-state index in [4.69, 9.17) is 9.97 Å². The SMILES string of the molecule is CC1(C)c2ccccc2-c2ccc(-c3cccc(-c4cccc(-c5cccc(-c6cnc7c8ccccc8c8ccccc8c7n6)c5)c4)c3)cc21. The van der Waals surface area contributed by atoms with E-state index in [-0.39, 0.29) is 5.41 Å². The molecule has 0 unspecified atom stereocenters. The lowest BCUT2D eigenvalue weighted by Gasteiger charge is -2.22. The van der Waals surface area contributed by atoms with Gasteiger partial charge in [0.2, 0.25) is 0 Å². The molecule has 0 atom stereocenters. The van der Waals surface area contributed by atoms with Gasteiger partial charge in [0.25, 0.3) is 0 Å². The molecule has 0 radical (unpaired) electrons. The van der Waals surface area contributed by atoms with Gasteiger partial charge in [0.1, 0.15) is 0 Å². The van der Waals surface area contributed by atoms with Gasteiger partial charge in [0, 0.05) is 21.8 Å². The first-order valence-corrected chi connectivity index (χ1v) is 17.7. The molecule has 1 aromatic heterocycles. The lowest BCUT2D eigenvalue weighted by atomic mass is 9.81. The fraction of sp³-hybridized carbons (Fsp3) is 0.0612. The van der Waals surface area contributed by atoms with E-state index in [1.54, 1.807) is 0 Å². The standard InChI is InChI=1S/C49H34N2/c1-49(2)44-23-8-7-20-40(44)41-25-24-36(29-45(41)49)34-15-10-13-32(27-34)31-12-9-14-33(26-31)35-16-11-17-37(28-35)46-30-50-47-42-21-5-3-18-38(42)39-19-4-6-22-43(39)48(47)51-46/h3-30H,1-2H3. The van der Waals surface area contributed by atoms with Crippen LogP contribution in [0.15, 0.2) is 170 Å². The van der Waals surface area contributed by atoms with Crippen LogP contribution < -0.4 is 0 Å². The summed E-state index contributed by atoms with van der Waals surface area (Å²) in [7, 11) is 0. The number of hydrogen-bond donors (Lipinski definition) is 0. The first-order chi connectivity index (χ1) is 25.0. The molecular formula is C49H34N2. The second-order valence-electron chi connectivity index (χ2n) is 14.2. The Hall–Kier alpha value is -6.38. The third-order valence-corrected chi connectivity index (χ3v) is 10.9. The maximum atomic E-state index is 5.24. The fourth-order valence-electron chi connectivity index (χ4n) is 8.26. The van der Waals surface area contributed by atoms with Crippen LogP contribution in [-0.4, -0.2) is 9.97 Å². The molecule has 0 N–H and O–H groups in total. The van der Waals surface area contributed by atoms with Crippen LogP contribution in [0.2, 0.25) is 0 Å². The summed E-state index contributed by atoms with van der Waals surface area (Å²) in [6, 6.07) is 59.3. The summed E-state index contributed by atoms with van der Waals surface area (Å²) < 4.78 is 0. The number of hydrogen-bond acceptors (Lipinski definition) is 2. The van der Waals surface area contributed by atoms with E-state index in [2.05, 4.69) is 178 Å². The topological polar surface area (TPSA) is 25.8 Å². The Morgan fingerprint density at radius 3 is 1.47 bits per heavy atom. The van der Waals surface area contributed by atoms with Gasteiger partial charge in [0.05, 0.1) is 22.9 Å². The second kappa shape index (κ2) is 11.3. The smallest absolute Gasteiger partial charge is 0.0979 e. The van der Waals surface area contributed by atoms with Crippen molar-refractivity contribution < 1.29 is 0 Å². The highest BCUT2D eigenvalue weighted by atomic mass is 14.8. The molecule has 2 heteroatoms. The first-order valence-electron chi connectivity index (χ1n) is 17.7. The van der Waals surface area contributed by atoms with Gasteiger partial charge in [-0.25, -0.2) is 4.98 Å². The number of nitrogens with zero attached hydrogens (tertiary/aromatic N) is 2. The van der Waals surface area contributed by atoms with E-state index in [1.807, 2.05) is 6.20 Å². The van der Waals surface area contributed by atoms with Crippen molar-refractivity contribution >= 4 is 32.6 Å². The lowest BCUT2D eigenvalue weighted by molar-refractivity contribution is 0.660. The maximum Gasteiger partial charge on any atom is 0.0979 e. The summed E-state index contributed by atoms with van der Waals surface area (Å²) in [5.41, 5.74) is 16.5. The molecular weight excluding hydrogens is 617 g/mol. The van der Waals surface area contributed by atoms with E-state index in [9.17, 15) is 0 Å². The fourth-order valence-corrected chi connectivity index (χ4v) is 8.26. The highest BCUT2D eigenvalue weighted by molar-refractivity contribution is 6.23. The molecule has 51 heavy (non-hydrogen) atoms. The summed E-state index contributed by atoms with van der Waals surface area (Å²) in [6.45, 7) is 4.68. The van der Waals surface area contributed by atoms with Crippen LogP contribution in [0.3, 0.4) is 0 Å². The Labute approximate surface area is 297 Å². The molecule has 9 aromatic rings. The minimum absolute atomic E-state index is 0.0248. The Bertz CT molecular complexity index is 2810. The predicted octanol–water partition coefficient (Wildman–Crippen LogP) is 12.9. The van der Waals surface area contributed by atoms with Crippen molar-refractivity contribution in [1.82, 2.24) is 9.97 Å². The highest BCUT2D eigenvalue weighted by Gasteiger charge is 2.35. The van der Waals surface area contributed by atoms with Crippen LogP contribution in [0.1, 0.15) is 25.0 Å². The number of aromatic nitrogens is 2. The zero-order valence-electron chi connectivity index (χ0n) is 28.6. The molecule has 0 amide bonds. The molecule has 1 aliphatic rings. The Kier molecular flexibility index (Phi) is 6.56. The van der Waals surface area contributed by atoms with Crippen molar-refractivity contribution in [3.63, 3.8) is 0 Å². The molecule has 1 aliphatic carbocycles. The Morgan fingerprint density at radius 2 is 0.843 bits per heavy atom. The van der Waals surface area contributed by atoms with E-state index in [0.29, 0.717) is 0 Å².